The van der Waals surface area contributed by atoms with E-state index in [1.807, 2.05) is 0 Å². The number of nitrogens with zero attached hydrogens (tertiary/aromatic N) is 2. The molecule has 0 saturated heterocycles. The van der Waals surface area contributed by atoms with Crippen LogP contribution >= 0.6 is 15.9 Å². The van der Waals surface area contributed by atoms with Crippen LogP contribution < -0.4 is 0 Å². The molecule has 0 amide bonds. The van der Waals surface area contributed by atoms with Gasteiger partial charge in [-0.3, -0.25) is 4.68 Å². The number of hydrogen-bond acceptors (Lipinski definition) is 1. The molecule has 19 heavy (non-hydrogen) atoms. The summed E-state index contributed by atoms with van der Waals surface area (Å²) in [7, 11) is 0. The van der Waals surface area contributed by atoms with Gasteiger partial charge in [-0.15, -0.1) is 0 Å². The molecule has 0 fully saturated rings. The standard InChI is InChI=1S/C16H21BrN2/c1-3-19-15(12-13(2)18-19)10-7-11-16(17)14-8-5-4-6-9-14/h4-6,8-9,12,16H,3,7,10-11H2,1-2H3. The van der Waals surface area contributed by atoms with Crippen LogP contribution in [0.3, 0.4) is 0 Å². The summed E-state index contributed by atoms with van der Waals surface area (Å²) < 4.78 is 2.11. The lowest BCUT2D eigenvalue weighted by Crippen LogP contribution is -2.03. The second-order valence-electron chi connectivity index (χ2n) is 4.86. The fraction of sp³-hybridized carbons (Fsp3) is 0.438. The normalized spacial score (nSPS) is 12.6. The summed E-state index contributed by atoms with van der Waals surface area (Å²) in [6.45, 7) is 5.17. The molecule has 1 aromatic carbocycles. The van der Waals surface area contributed by atoms with Crippen molar-refractivity contribution in [2.45, 2.75) is 44.5 Å². The molecule has 0 aliphatic rings. The highest BCUT2D eigenvalue weighted by Crippen LogP contribution is 2.28. The minimum atomic E-state index is 0.452. The monoisotopic (exact) mass is 320 g/mol. The van der Waals surface area contributed by atoms with Crippen LogP contribution in [0.5, 0.6) is 0 Å². The van der Waals surface area contributed by atoms with Crippen molar-refractivity contribution in [1.29, 1.82) is 0 Å². The lowest BCUT2D eigenvalue weighted by molar-refractivity contribution is 0.598. The summed E-state index contributed by atoms with van der Waals surface area (Å²) in [5.74, 6) is 0. The van der Waals surface area contributed by atoms with Gasteiger partial charge in [-0.05, 0) is 44.7 Å². The maximum Gasteiger partial charge on any atom is 0.0596 e. The highest BCUT2D eigenvalue weighted by molar-refractivity contribution is 9.09. The molecule has 0 N–H and O–H groups in total. The first-order valence-electron chi connectivity index (χ1n) is 6.93. The molecule has 1 unspecified atom stereocenters. The van der Waals surface area contributed by atoms with Crippen molar-refractivity contribution in [2.24, 2.45) is 0 Å². The molecular formula is C16H21BrN2. The number of hydrogen-bond donors (Lipinski definition) is 0. The molecule has 0 spiro atoms. The number of alkyl halides is 1. The Bertz CT molecular complexity index is 505. The SMILES string of the molecule is CCn1nc(C)cc1CCCC(Br)c1ccccc1. The average Bonchev–Trinajstić information content (AvgIpc) is 2.80. The van der Waals surface area contributed by atoms with Gasteiger partial charge in [0.2, 0.25) is 0 Å². The Kier molecular flexibility index (Phi) is 5.20. The maximum absolute atomic E-state index is 4.49. The number of aryl methyl sites for hydroxylation is 3. The molecule has 0 radical (unpaired) electrons. The molecule has 0 saturated carbocycles. The summed E-state index contributed by atoms with van der Waals surface area (Å²) in [6.07, 6.45) is 3.43. The van der Waals surface area contributed by atoms with Gasteiger partial charge in [0.25, 0.3) is 0 Å². The lowest BCUT2D eigenvalue weighted by atomic mass is 10.1. The quantitative estimate of drug-likeness (QED) is 0.707. The van der Waals surface area contributed by atoms with Crippen LogP contribution in [0.15, 0.2) is 36.4 Å². The smallest absolute Gasteiger partial charge is 0.0596 e. The van der Waals surface area contributed by atoms with Crippen molar-refractivity contribution in [1.82, 2.24) is 9.78 Å². The van der Waals surface area contributed by atoms with Crippen molar-refractivity contribution < 1.29 is 0 Å². The van der Waals surface area contributed by atoms with Crippen molar-refractivity contribution in [2.75, 3.05) is 0 Å². The Morgan fingerprint density at radius 3 is 2.68 bits per heavy atom. The minimum absolute atomic E-state index is 0.452. The summed E-state index contributed by atoms with van der Waals surface area (Å²) in [4.78, 5) is 0.452. The van der Waals surface area contributed by atoms with Crippen LogP contribution in [0.25, 0.3) is 0 Å². The zero-order valence-corrected chi connectivity index (χ0v) is 13.2. The molecule has 1 heterocycles. The fourth-order valence-corrected chi connectivity index (χ4v) is 2.99. The van der Waals surface area contributed by atoms with E-state index in [2.05, 4.69) is 76.0 Å². The zero-order valence-electron chi connectivity index (χ0n) is 11.6. The van der Waals surface area contributed by atoms with Crippen LogP contribution in [0.4, 0.5) is 0 Å². The van der Waals surface area contributed by atoms with Crippen LogP contribution in [0, 0.1) is 6.92 Å². The number of aromatic nitrogens is 2. The van der Waals surface area contributed by atoms with E-state index in [0.717, 1.165) is 25.1 Å². The first-order valence-corrected chi connectivity index (χ1v) is 7.84. The Labute approximate surface area is 124 Å². The summed E-state index contributed by atoms with van der Waals surface area (Å²) in [6, 6.07) is 12.8. The Morgan fingerprint density at radius 2 is 2.00 bits per heavy atom. The molecule has 2 aromatic rings. The molecular weight excluding hydrogens is 300 g/mol. The topological polar surface area (TPSA) is 17.8 Å². The van der Waals surface area contributed by atoms with Gasteiger partial charge in [0, 0.05) is 17.1 Å². The number of benzene rings is 1. The molecule has 1 aromatic heterocycles. The van der Waals surface area contributed by atoms with Crippen molar-refractivity contribution >= 4 is 15.9 Å². The summed E-state index contributed by atoms with van der Waals surface area (Å²) in [5, 5.41) is 4.49. The van der Waals surface area contributed by atoms with Crippen molar-refractivity contribution in [3.05, 3.63) is 53.3 Å². The van der Waals surface area contributed by atoms with E-state index in [1.54, 1.807) is 0 Å². The Morgan fingerprint density at radius 1 is 1.26 bits per heavy atom. The third-order valence-electron chi connectivity index (χ3n) is 3.34. The molecule has 0 bridgehead atoms. The Balaban J connectivity index is 1.86. The van der Waals surface area contributed by atoms with Crippen molar-refractivity contribution in [3.63, 3.8) is 0 Å². The second-order valence-corrected chi connectivity index (χ2v) is 5.97. The van der Waals surface area contributed by atoms with E-state index in [4.69, 9.17) is 0 Å². The molecule has 2 nitrogen and oxygen atoms in total. The van der Waals surface area contributed by atoms with Crippen LogP contribution in [-0.4, -0.2) is 9.78 Å². The van der Waals surface area contributed by atoms with Gasteiger partial charge in [-0.2, -0.15) is 5.10 Å². The molecule has 2 rings (SSSR count). The molecule has 0 aliphatic heterocycles. The third-order valence-corrected chi connectivity index (χ3v) is 4.32. The predicted molar refractivity (Wildman–Crippen MR) is 83.7 cm³/mol. The first-order chi connectivity index (χ1) is 9.20. The van der Waals surface area contributed by atoms with E-state index in [1.165, 1.54) is 17.7 Å². The highest BCUT2D eigenvalue weighted by Gasteiger charge is 2.08. The predicted octanol–water partition coefficient (Wildman–Crippen LogP) is 4.67. The van der Waals surface area contributed by atoms with Crippen LogP contribution in [0.1, 0.15) is 41.5 Å². The van der Waals surface area contributed by atoms with E-state index < -0.39 is 0 Å². The minimum Gasteiger partial charge on any atom is -0.270 e. The average molecular weight is 321 g/mol. The largest absolute Gasteiger partial charge is 0.270 e. The third kappa shape index (κ3) is 3.93. The molecule has 3 heteroatoms. The van der Waals surface area contributed by atoms with E-state index in [9.17, 15) is 0 Å². The molecule has 102 valence electrons. The van der Waals surface area contributed by atoms with Gasteiger partial charge in [0.1, 0.15) is 0 Å². The summed E-state index contributed by atoms with van der Waals surface area (Å²) in [5.41, 5.74) is 3.84. The van der Waals surface area contributed by atoms with E-state index in [-0.39, 0.29) is 0 Å². The van der Waals surface area contributed by atoms with Crippen LogP contribution in [-0.2, 0) is 13.0 Å². The fourth-order valence-electron chi connectivity index (χ4n) is 2.37. The number of rotatable bonds is 6. The van der Waals surface area contributed by atoms with Gasteiger partial charge in [-0.25, -0.2) is 0 Å². The highest BCUT2D eigenvalue weighted by atomic mass is 79.9. The second kappa shape index (κ2) is 6.90. The Hall–Kier alpha value is -1.09. The zero-order chi connectivity index (χ0) is 13.7. The van der Waals surface area contributed by atoms with E-state index in [0.29, 0.717) is 4.83 Å². The van der Waals surface area contributed by atoms with Gasteiger partial charge in [0.15, 0.2) is 0 Å². The molecule has 0 aliphatic carbocycles. The number of halogens is 1. The lowest BCUT2D eigenvalue weighted by Gasteiger charge is -2.10. The van der Waals surface area contributed by atoms with Gasteiger partial charge < -0.3 is 0 Å². The van der Waals surface area contributed by atoms with Gasteiger partial charge in [0.05, 0.1) is 5.69 Å². The van der Waals surface area contributed by atoms with Crippen molar-refractivity contribution in [3.8, 4) is 0 Å². The van der Waals surface area contributed by atoms with Gasteiger partial charge in [-0.1, -0.05) is 46.3 Å². The maximum atomic E-state index is 4.49. The van der Waals surface area contributed by atoms with Gasteiger partial charge >= 0.3 is 0 Å². The van der Waals surface area contributed by atoms with E-state index >= 15 is 0 Å². The molecule has 1 atom stereocenters. The summed E-state index contributed by atoms with van der Waals surface area (Å²) >= 11 is 3.78. The first kappa shape index (κ1) is 14.3. The van der Waals surface area contributed by atoms with Crippen LogP contribution in [0.2, 0.25) is 0 Å².